The fourth-order valence-electron chi connectivity index (χ4n) is 7.38. The molecule has 0 rings (SSSR count). The van der Waals surface area contributed by atoms with Crippen molar-refractivity contribution < 1.29 is 42.9 Å². The molecule has 0 aromatic rings. The van der Waals surface area contributed by atoms with E-state index in [0.29, 0.717) is 17.4 Å². The van der Waals surface area contributed by atoms with Gasteiger partial charge in [0.05, 0.1) is 34.4 Å². The molecular weight excluding hydrogens is 899 g/mol. The lowest BCUT2D eigenvalue weighted by atomic mass is 10.0. The van der Waals surface area contributed by atoms with Gasteiger partial charge in [-0.1, -0.05) is 213 Å². The van der Waals surface area contributed by atoms with E-state index in [0.717, 1.165) is 116 Å². The van der Waals surface area contributed by atoms with Crippen LogP contribution in [0.3, 0.4) is 0 Å². The highest BCUT2D eigenvalue weighted by Crippen LogP contribution is 2.15. The number of carbonyl (C=O) groups excluding carboxylic acids is 2. The standard InChI is InChI=1S/C63H105NO8/c1-6-8-10-12-14-16-18-19-20-21-22-23-24-25-26-27-28-29-30-31-32-33-34-35-36-37-38-39-40-41-42-43-44-46-48-50-52-54-61(66)72-59(58-71-63(62(67)68)69-56-55-64(3,4)5)57-70-60(65)53-51-49-47-45-17-15-13-11-9-7-2/h8,10-11,13-14,16,19-20,22-23,25-26,28-29,31-32,34-35,59,63H,6-7,9,12,15,17-18,21,24,27,30,33,36-58H2,1-5H3/p+1/b10-8-,13-11-,16-14-,20-19-,23-22-,26-25-,29-28-,32-31-,35-34-. The van der Waals surface area contributed by atoms with Gasteiger partial charge in [-0.2, -0.15) is 0 Å². The number of hydrogen-bond donors (Lipinski definition) is 1. The van der Waals surface area contributed by atoms with Crippen molar-refractivity contribution in [2.75, 3.05) is 47.5 Å². The first-order chi connectivity index (χ1) is 35.1. The summed E-state index contributed by atoms with van der Waals surface area (Å²) in [6, 6.07) is 0. The van der Waals surface area contributed by atoms with Gasteiger partial charge in [-0.3, -0.25) is 9.59 Å². The van der Waals surface area contributed by atoms with E-state index in [1.165, 1.54) is 64.2 Å². The number of ether oxygens (including phenoxy) is 4. The topological polar surface area (TPSA) is 108 Å². The number of carbonyl (C=O) groups is 3. The smallest absolute Gasteiger partial charge is 0.361 e. The zero-order valence-corrected chi connectivity index (χ0v) is 46.5. The van der Waals surface area contributed by atoms with Crippen molar-refractivity contribution in [2.45, 2.75) is 225 Å². The van der Waals surface area contributed by atoms with Gasteiger partial charge in [0.25, 0.3) is 6.29 Å². The number of hydrogen-bond acceptors (Lipinski definition) is 7. The van der Waals surface area contributed by atoms with Crippen molar-refractivity contribution in [1.82, 2.24) is 0 Å². The second-order valence-corrected chi connectivity index (χ2v) is 19.9. The van der Waals surface area contributed by atoms with Crippen LogP contribution in [0.15, 0.2) is 109 Å². The van der Waals surface area contributed by atoms with Gasteiger partial charge in [0, 0.05) is 12.8 Å². The monoisotopic (exact) mass is 1000 g/mol. The van der Waals surface area contributed by atoms with E-state index in [1.807, 2.05) is 21.1 Å². The molecule has 0 aliphatic rings. The van der Waals surface area contributed by atoms with Crippen LogP contribution in [0.1, 0.15) is 213 Å². The maximum Gasteiger partial charge on any atom is 0.361 e. The Hall–Kier alpha value is -4.05. The van der Waals surface area contributed by atoms with E-state index < -0.39 is 24.3 Å². The third-order valence-electron chi connectivity index (χ3n) is 11.7. The van der Waals surface area contributed by atoms with Gasteiger partial charge >= 0.3 is 17.9 Å². The van der Waals surface area contributed by atoms with Crippen LogP contribution in [-0.2, 0) is 33.3 Å². The van der Waals surface area contributed by atoms with E-state index in [1.54, 1.807) is 0 Å². The van der Waals surface area contributed by atoms with Crippen molar-refractivity contribution in [3.05, 3.63) is 109 Å². The molecule has 9 heteroatoms. The Labute approximate surface area is 441 Å². The van der Waals surface area contributed by atoms with Gasteiger partial charge in [0.1, 0.15) is 13.2 Å². The van der Waals surface area contributed by atoms with Crippen LogP contribution >= 0.6 is 0 Å². The zero-order chi connectivity index (χ0) is 52.7. The molecule has 0 amide bonds. The summed E-state index contributed by atoms with van der Waals surface area (Å²) in [6.45, 7) is 4.67. The Kier molecular flexibility index (Phi) is 50.3. The van der Waals surface area contributed by atoms with Crippen molar-refractivity contribution >= 4 is 17.9 Å². The fraction of sp³-hybridized carbons (Fsp3) is 0.667. The Morgan fingerprint density at radius 2 is 0.792 bits per heavy atom. The fourth-order valence-corrected chi connectivity index (χ4v) is 7.38. The molecule has 0 bridgehead atoms. The summed E-state index contributed by atoms with van der Waals surface area (Å²) in [5.41, 5.74) is 0. The largest absolute Gasteiger partial charge is 0.477 e. The molecule has 0 fully saturated rings. The molecule has 72 heavy (non-hydrogen) atoms. The van der Waals surface area contributed by atoms with E-state index in [9.17, 15) is 19.5 Å². The Morgan fingerprint density at radius 3 is 1.19 bits per heavy atom. The summed E-state index contributed by atoms with van der Waals surface area (Å²) in [5, 5.41) is 9.66. The van der Waals surface area contributed by atoms with Crippen molar-refractivity contribution in [2.24, 2.45) is 0 Å². The molecule has 1 N–H and O–H groups in total. The van der Waals surface area contributed by atoms with E-state index >= 15 is 0 Å². The molecule has 2 atom stereocenters. The average Bonchev–Trinajstić information content (AvgIpc) is 3.35. The number of allylic oxidation sites excluding steroid dienone is 18. The number of esters is 2. The van der Waals surface area contributed by atoms with Crippen LogP contribution in [-0.4, -0.2) is 87.4 Å². The molecule has 0 aromatic carbocycles. The van der Waals surface area contributed by atoms with Gasteiger partial charge in [0.15, 0.2) is 6.10 Å². The van der Waals surface area contributed by atoms with Crippen molar-refractivity contribution in [3.8, 4) is 0 Å². The second-order valence-electron chi connectivity index (χ2n) is 19.9. The molecule has 0 aromatic heterocycles. The third kappa shape index (κ3) is 53.7. The Balaban J connectivity index is 4.09. The number of nitrogens with zero attached hydrogens (tertiary/aromatic N) is 1. The first-order valence-corrected chi connectivity index (χ1v) is 28.6. The molecule has 2 unspecified atom stereocenters. The van der Waals surface area contributed by atoms with Gasteiger partial charge in [0.2, 0.25) is 0 Å². The predicted octanol–water partition coefficient (Wildman–Crippen LogP) is 16.7. The number of aliphatic carboxylic acids is 1. The van der Waals surface area contributed by atoms with Crippen LogP contribution in [0.4, 0.5) is 0 Å². The molecule has 9 nitrogen and oxygen atoms in total. The lowest BCUT2D eigenvalue weighted by Gasteiger charge is -2.25. The minimum absolute atomic E-state index is 0.182. The summed E-state index contributed by atoms with van der Waals surface area (Å²) in [7, 11) is 5.95. The molecule has 0 saturated carbocycles. The number of likely N-dealkylation sites (N-methyl/N-ethyl adjacent to an activating group) is 1. The molecule has 0 radical (unpaired) electrons. The van der Waals surface area contributed by atoms with Gasteiger partial charge in [-0.05, 0) is 96.3 Å². The highest BCUT2D eigenvalue weighted by atomic mass is 16.7. The maximum atomic E-state index is 12.8. The maximum absolute atomic E-state index is 12.8. The molecule has 0 spiro atoms. The molecule has 0 aliphatic heterocycles. The summed E-state index contributed by atoms with van der Waals surface area (Å²) >= 11 is 0. The Bertz CT molecular complexity index is 1540. The van der Waals surface area contributed by atoms with Crippen molar-refractivity contribution in [1.29, 1.82) is 0 Å². The Morgan fingerprint density at radius 1 is 0.431 bits per heavy atom. The minimum Gasteiger partial charge on any atom is -0.477 e. The normalized spacial score (nSPS) is 13.6. The first kappa shape index (κ1) is 68.0. The lowest BCUT2D eigenvalue weighted by molar-refractivity contribution is -0.870. The van der Waals surface area contributed by atoms with Gasteiger partial charge in [-0.25, -0.2) is 4.79 Å². The average molecular weight is 1010 g/mol. The summed E-state index contributed by atoms with van der Waals surface area (Å²) in [6.07, 6.45) is 70.4. The minimum atomic E-state index is -1.52. The second kappa shape index (κ2) is 53.2. The van der Waals surface area contributed by atoms with E-state index in [-0.39, 0.29) is 38.6 Å². The molecule has 0 heterocycles. The van der Waals surface area contributed by atoms with Crippen LogP contribution in [0.5, 0.6) is 0 Å². The summed E-state index contributed by atoms with van der Waals surface area (Å²) in [4.78, 5) is 37.2. The molecule has 0 saturated heterocycles. The summed E-state index contributed by atoms with van der Waals surface area (Å²) in [5.74, 6) is -2.03. The third-order valence-corrected chi connectivity index (χ3v) is 11.7. The zero-order valence-electron chi connectivity index (χ0n) is 46.5. The van der Waals surface area contributed by atoms with Crippen LogP contribution in [0, 0.1) is 0 Å². The number of carboxylic acid groups (broad SMARTS) is 1. The van der Waals surface area contributed by atoms with E-state index in [4.69, 9.17) is 18.9 Å². The summed E-state index contributed by atoms with van der Waals surface area (Å²) < 4.78 is 22.8. The first-order valence-electron chi connectivity index (χ1n) is 28.6. The predicted molar refractivity (Wildman–Crippen MR) is 304 cm³/mol. The molecular formula is C63H106NO8+. The SMILES string of the molecule is CC/C=C\C/C=C\C/C=C\C/C=C\C/C=C\C/C=C\C/C=C\C/C=C\CCCCCCCCCCCCCCC(=O)OC(COC(=O)CCCCCCC/C=C\CCC)COC(OCC[N+](C)(C)C)C(=O)O. The van der Waals surface area contributed by atoms with Crippen LogP contribution in [0.2, 0.25) is 0 Å². The molecule has 410 valence electrons. The van der Waals surface area contributed by atoms with Gasteiger partial charge in [-0.15, -0.1) is 0 Å². The number of quaternary nitrogens is 1. The number of unbranched alkanes of at least 4 members (excludes halogenated alkanes) is 18. The van der Waals surface area contributed by atoms with Crippen LogP contribution in [0.25, 0.3) is 0 Å². The lowest BCUT2D eigenvalue weighted by Crippen LogP contribution is -2.40. The quantitative estimate of drug-likeness (QED) is 0.0211. The van der Waals surface area contributed by atoms with Crippen LogP contribution < -0.4 is 0 Å². The highest BCUT2D eigenvalue weighted by Gasteiger charge is 2.25. The number of rotatable bonds is 51. The van der Waals surface area contributed by atoms with E-state index in [2.05, 4.69) is 123 Å². The van der Waals surface area contributed by atoms with Gasteiger partial charge < -0.3 is 28.5 Å². The highest BCUT2D eigenvalue weighted by molar-refractivity contribution is 5.71. The van der Waals surface area contributed by atoms with Crippen molar-refractivity contribution in [3.63, 3.8) is 0 Å². The molecule has 0 aliphatic carbocycles. The number of carboxylic acids is 1.